The van der Waals surface area contributed by atoms with Gasteiger partial charge in [-0.1, -0.05) is 34.8 Å². The van der Waals surface area contributed by atoms with E-state index in [1.165, 1.54) is 0 Å². The fourth-order valence-electron chi connectivity index (χ4n) is 2.55. The van der Waals surface area contributed by atoms with Crippen LogP contribution in [0.25, 0.3) is 0 Å². The molecular weight excluding hydrogens is 447 g/mol. The van der Waals surface area contributed by atoms with Gasteiger partial charge < -0.3 is 15.4 Å². The molecule has 5 nitrogen and oxygen atoms in total. The molecule has 0 radical (unpaired) electrons. The first kappa shape index (κ1) is 22.0. The largest absolute Gasteiger partial charge is 0.481 e. The summed E-state index contributed by atoms with van der Waals surface area (Å²) in [5, 5.41) is 6.89. The maximum absolute atomic E-state index is 12.3. The van der Waals surface area contributed by atoms with Crippen molar-refractivity contribution < 1.29 is 14.3 Å². The van der Waals surface area contributed by atoms with Crippen LogP contribution in [-0.4, -0.2) is 17.9 Å². The second-order valence-electron chi connectivity index (χ2n) is 6.39. The Morgan fingerprint density at radius 2 is 1.37 bits per heavy atom. The van der Waals surface area contributed by atoms with Crippen molar-refractivity contribution >= 4 is 58.0 Å². The van der Waals surface area contributed by atoms with Crippen LogP contribution in [0.2, 0.25) is 15.1 Å². The minimum atomic E-state index is -0.781. The van der Waals surface area contributed by atoms with Crippen LogP contribution < -0.4 is 15.4 Å². The molecule has 3 aromatic carbocycles. The highest BCUT2D eigenvalue weighted by molar-refractivity contribution is 6.35. The summed E-state index contributed by atoms with van der Waals surface area (Å²) in [5.74, 6) is -0.185. The number of hydrogen-bond acceptors (Lipinski definition) is 3. The van der Waals surface area contributed by atoms with Crippen molar-refractivity contribution in [2.24, 2.45) is 0 Å². The zero-order valence-electron chi connectivity index (χ0n) is 15.8. The van der Waals surface area contributed by atoms with Gasteiger partial charge in [0, 0.05) is 32.0 Å². The van der Waals surface area contributed by atoms with Gasteiger partial charge in [0.1, 0.15) is 5.75 Å². The predicted octanol–water partition coefficient (Wildman–Crippen LogP) is 6.31. The van der Waals surface area contributed by atoms with Crippen molar-refractivity contribution in [3.63, 3.8) is 0 Å². The van der Waals surface area contributed by atoms with Crippen molar-refractivity contribution in [3.05, 3.63) is 87.4 Å². The van der Waals surface area contributed by atoms with Crippen molar-refractivity contribution in [1.29, 1.82) is 0 Å². The number of carbonyl (C=O) groups is 2. The normalized spacial score (nSPS) is 11.5. The van der Waals surface area contributed by atoms with E-state index < -0.39 is 6.10 Å². The first-order valence-electron chi connectivity index (χ1n) is 8.91. The third-order valence-electron chi connectivity index (χ3n) is 4.03. The lowest BCUT2D eigenvalue weighted by atomic mass is 10.2. The van der Waals surface area contributed by atoms with Gasteiger partial charge in [-0.05, 0) is 73.7 Å². The number of halogens is 3. The summed E-state index contributed by atoms with van der Waals surface area (Å²) in [6.45, 7) is 1.61. The summed E-state index contributed by atoms with van der Waals surface area (Å²) >= 11 is 17.7. The molecule has 0 fully saturated rings. The third-order valence-corrected chi connectivity index (χ3v) is 4.72. The van der Waals surface area contributed by atoms with Crippen molar-refractivity contribution in [1.82, 2.24) is 0 Å². The van der Waals surface area contributed by atoms with Crippen LogP contribution in [0.5, 0.6) is 5.75 Å². The molecule has 0 saturated heterocycles. The Hall–Kier alpha value is -2.73. The summed E-state index contributed by atoms with van der Waals surface area (Å²) in [6.07, 6.45) is -0.781. The number of benzene rings is 3. The number of amides is 2. The van der Waals surface area contributed by atoms with Gasteiger partial charge >= 0.3 is 0 Å². The number of carbonyl (C=O) groups excluding carboxylic acids is 2. The fraction of sp³-hybridized carbons (Fsp3) is 0.0909. The van der Waals surface area contributed by atoms with Crippen LogP contribution in [0.15, 0.2) is 66.7 Å². The first-order chi connectivity index (χ1) is 14.3. The van der Waals surface area contributed by atoms with E-state index in [1.54, 1.807) is 73.7 Å². The number of nitrogens with one attached hydrogen (secondary N) is 2. The van der Waals surface area contributed by atoms with E-state index in [1.807, 2.05) is 0 Å². The van der Waals surface area contributed by atoms with Crippen LogP contribution in [0, 0.1) is 0 Å². The van der Waals surface area contributed by atoms with Gasteiger partial charge in [-0.25, -0.2) is 0 Å². The molecule has 1 unspecified atom stereocenters. The lowest BCUT2D eigenvalue weighted by Gasteiger charge is -2.15. The Labute approximate surface area is 188 Å². The van der Waals surface area contributed by atoms with E-state index >= 15 is 0 Å². The molecule has 0 aromatic heterocycles. The Bertz CT molecular complexity index is 1030. The topological polar surface area (TPSA) is 67.4 Å². The van der Waals surface area contributed by atoms with Crippen LogP contribution in [-0.2, 0) is 4.79 Å². The molecule has 0 bridgehead atoms. The summed E-state index contributed by atoms with van der Waals surface area (Å²) in [5.41, 5.74) is 1.56. The summed E-state index contributed by atoms with van der Waals surface area (Å²) in [4.78, 5) is 24.7. The molecule has 8 heteroatoms. The highest BCUT2D eigenvalue weighted by atomic mass is 35.5. The highest BCUT2D eigenvalue weighted by Gasteiger charge is 2.16. The molecule has 30 heavy (non-hydrogen) atoms. The molecule has 154 valence electrons. The zero-order valence-corrected chi connectivity index (χ0v) is 18.1. The Balaban J connectivity index is 1.58. The number of hydrogen-bond donors (Lipinski definition) is 2. The smallest absolute Gasteiger partial charge is 0.265 e. The van der Waals surface area contributed by atoms with E-state index in [0.717, 1.165) is 0 Å². The van der Waals surface area contributed by atoms with Crippen molar-refractivity contribution in [2.75, 3.05) is 10.6 Å². The maximum atomic E-state index is 12.3. The zero-order chi connectivity index (χ0) is 21.7. The molecule has 2 amide bonds. The van der Waals surface area contributed by atoms with Gasteiger partial charge in [-0.3, -0.25) is 9.59 Å². The van der Waals surface area contributed by atoms with E-state index in [2.05, 4.69) is 10.6 Å². The predicted molar refractivity (Wildman–Crippen MR) is 121 cm³/mol. The molecule has 0 aliphatic rings. The van der Waals surface area contributed by atoms with Gasteiger partial charge in [0.25, 0.3) is 11.8 Å². The Kier molecular flexibility index (Phi) is 7.21. The van der Waals surface area contributed by atoms with Gasteiger partial charge in [0.15, 0.2) is 6.10 Å². The SMILES string of the molecule is CC(Oc1ccc(C(=O)Nc2ccc(Cl)cc2)cc1)C(=O)Nc1cc(Cl)cc(Cl)c1. The van der Waals surface area contributed by atoms with Gasteiger partial charge in [0.05, 0.1) is 0 Å². The summed E-state index contributed by atoms with van der Waals surface area (Å²) < 4.78 is 5.65. The minimum absolute atomic E-state index is 0.271. The van der Waals surface area contributed by atoms with E-state index in [-0.39, 0.29) is 11.8 Å². The average Bonchev–Trinajstić information content (AvgIpc) is 2.69. The van der Waals surface area contributed by atoms with Gasteiger partial charge in [0.2, 0.25) is 0 Å². The number of anilines is 2. The van der Waals surface area contributed by atoms with Crippen LogP contribution >= 0.6 is 34.8 Å². The van der Waals surface area contributed by atoms with Crippen molar-refractivity contribution in [2.45, 2.75) is 13.0 Å². The van der Waals surface area contributed by atoms with Crippen molar-refractivity contribution in [3.8, 4) is 5.75 Å². The average molecular weight is 464 g/mol. The number of rotatable bonds is 6. The molecule has 2 N–H and O–H groups in total. The molecule has 0 spiro atoms. The third kappa shape index (κ3) is 6.13. The molecule has 0 saturated carbocycles. The molecule has 0 aliphatic heterocycles. The second kappa shape index (κ2) is 9.85. The van der Waals surface area contributed by atoms with Gasteiger partial charge in [-0.2, -0.15) is 0 Å². The summed E-state index contributed by atoms with van der Waals surface area (Å²) in [7, 11) is 0. The van der Waals surface area contributed by atoms with E-state index in [4.69, 9.17) is 39.5 Å². The number of ether oxygens (including phenoxy) is 1. The fourth-order valence-corrected chi connectivity index (χ4v) is 3.20. The monoisotopic (exact) mass is 462 g/mol. The van der Waals surface area contributed by atoms with E-state index in [9.17, 15) is 9.59 Å². The van der Waals surface area contributed by atoms with Crippen LogP contribution in [0.4, 0.5) is 11.4 Å². The lowest BCUT2D eigenvalue weighted by molar-refractivity contribution is -0.122. The quantitative estimate of drug-likeness (QED) is 0.450. The molecule has 3 aromatic rings. The standard InChI is InChI=1S/C22H17Cl3N2O3/c1-13(21(28)27-19-11-16(24)10-17(25)12-19)30-20-8-2-14(3-9-20)22(29)26-18-6-4-15(23)5-7-18/h2-13H,1H3,(H,26,29)(H,27,28). The second-order valence-corrected chi connectivity index (χ2v) is 7.70. The Morgan fingerprint density at radius 3 is 1.97 bits per heavy atom. The molecule has 3 rings (SSSR count). The maximum Gasteiger partial charge on any atom is 0.265 e. The minimum Gasteiger partial charge on any atom is -0.481 e. The lowest BCUT2D eigenvalue weighted by Crippen LogP contribution is -2.30. The molecule has 0 heterocycles. The van der Waals surface area contributed by atoms with Gasteiger partial charge in [-0.15, -0.1) is 0 Å². The Morgan fingerprint density at radius 1 is 0.767 bits per heavy atom. The molecular formula is C22H17Cl3N2O3. The first-order valence-corrected chi connectivity index (χ1v) is 10.0. The van der Waals surface area contributed by atoms with Crippen LogP contribution in [0.1, 0.15) is 17.3 Å². The van der Waals surface area contributed by atoms with E-state index in [0.29, 0.717) is 37.8 Å². The van der Waals surface area contributed by atoms with Crippen LogP contribution in [0.3, 0.4) is 0 Å². The molecule has 0 aliphatic carbocycles. The highest BCUT2D eigenvalue weighted by Crippen LogP contribution is 2.23. The molecule has 1 atom stereocenters. The summed E-state index contributed by atoms with van der Waals surface area (Å²) in [6, 6.07) is 18.0.